The largest absolute Gasteiger partial charge is 0.494 e. The van der Waals surface area contributed by atoms with Crippen LogP contribution in [0.3, 0.4) is 0 Å². The third-order valence-electron chi connectivity index (χ3n) is 4.01. The van der Waals surface area contributed by atoms with Gasteiger partial charge in [-0.3, -0.25) is 0 Å². The molecule has 0 amide bonds. The third kappa shape index (κ3) is 6.94. The van der Waals surface area contributed by atoms with E-state index in [1.165, 1.54) is 45.6 Å². The Labute approximate surface area is 129 Å². The molecule has 120 valence electrons. The first kappa shape index (κ1) is 18.0. The Morgan fingerprint density at radius 2 is 1.86 bits per heavy atom. The molecule has 0 aliphatic carbocycles. The summed E-state index contributed by atoms with van der Waals surface area (Å²) in [6.45, 7) is 2.24. The molecule has 0 aliphatic heterocycles. The summed E-state index contributed by atoms with van der Waals surface area (Å²) in [4.78, 5) is 0. The zero-order valence-corrected chi connectivity index (χ0v) is 13.8. The molecule has 1 unspecified atom stereocenters. The van der Waals surface area contributed by atoms with Crippen LogP contribution in [0.5, 0.6) is 5.75 Å². The minimum absolute atomic E-state index is 0.274. The van der Waals surface area contributed by atoms with Crippen molar-refractivity contribution in [3.05, 3.63) is 29.6 Å². The lowest BCUT2D eigenvalue weighted by atomic mass is 9.99. The Hall–Kier alpha value is -1.09. The average molecular weight is 295 g/mol. The van der Waals surface area contributed by atoms with Crippen LogP contribution in [0.1, 0.15) is 57.4 Å². The molecular formula is C18H30FNO. The molecule has 0 spiro atoms. The second kappa shape index (κ2) is 10.6. The summed E-state index contributed by atoms with van der Waals surface area (Å²) in [5.74, 6) is 0.0418. The van der Waals surface area contributed by atoms with Gasteiger partial charge in [0.05, 0.1) is 7.11 Å². The highest BCUT2D eigenvalue weighted by Crippen LogP contribution is 2.19. The summed E-state index contributed by atoms with van der Waals surface area (Å²) < 4.78 is 18.6. The van der Waals surface area contributed by atoms with Gasteiger partial charge in [-0.2, -0.15) is 0 Å². The number of likely N-dealkylation sites (N-methyl/N-ethyl adjacent to an activating group) is 1. The lowest BCUT2D eigenvalue weighted by molar-refractivity contribution is 0.385. The van der Waals surface area contributed by atoms with Crippen molar-refractivity contribution >= 4 is 0 Å². The fourth-order valence-electron chi connectivity index (χ4n) is 2.64. The Kier molecular flexibility index (Phi) is 9.07. The van der Waals surface area contributed by atoms with Gasteiger partial charge < -0.3 is 10.1 Å². The first-order chi connectivity index (χ1) is 10.2. The molecule has 0 saturated heterocycles. The first-order valence-corrected chi connectivity index (χ1v) is 8.21. The molecule has 0 aliphatic rings. The lowest BCUT2D eigenvalue weighted by Crippen LogP contribution is -2.27. The van der Waals surface area contributed by atoms with Gasteiger partial charge in [-0.1, -0.05) is 51.5 Å². The van der Waals surface area contributed by atoms with Gasteiger partial charge in [0.15, 0.2) is 11.6 Å². The predicted octanol–water partition coefficient (Wildman–Crippen LogP) is 4.72. The molecule has 0 fully saturated rings. The maximum atomic E-state index is 13.7. The van der Waals surface area contributed by atoms with E-state index in [0.717, 1.165) is 18.4 Å². The van der Waals surface area contributed by atoms with Crippen molar-refractivity contribution in [3.8, 4) is 5.75 Å². The molecule has 1 atom stereocenters. The van der Waals surface area contributed by atoms with Crippen LogP contribution in [0.4, 0.5) is 4.39 Å². The summed E-state index contributed by atoms with van der Waals surface area (Å²) in [6, 6.07) is 5.67. The fourth-order valence-corrected chi connectivity index (χ4v) is 2.64. The van der Waals surface area contributed by atoms with Crippen molar-refractivity contribution in [3.63, 3.8) is 0 Å². The fraction of sp³-hybridized carbons (Fsp3) is 0.667. The first-order valence-electron chi connectivity index (χ1n) is 8.21. The van der Waals surface area contributed by atoms with Crippen LogP contribution in [0.2, 0.25) is 0 Å². The Balaban J connectivity index is 2.34. The molecular weight excluding hydrogens is 265 g/mol. The predicted molar refractivity (Wildman–Crippen MR) is 87.5 cm³/mol. The maximum Gasteiger partial charge on any atom is 0.165 e. The van der Waals surface area contributed by atoms with Crippen LogP contribution >= 0.6 is 0 Å². The van der Waals surface area contributed by atoms with Crippen LogP contribution in [-0.2, 0) is 6.42 Å². The Morgan fingerprint density at radius 3 is 2.48 bits per heavy atom. The van der Waals surface area contributed by atoms with E-state index in [2.05, 4.69) is 12.2 Å². The maximum absolute atomic E-state index is 13.7. The van der Waals surface area contributed by atoms with Crippen LogP contribution in [0.25, 0.3) is 0 Å². The second-order valence-electron chi connectivity index (χ2n) is 5.72. The van der Waals surface area contributed by atoms with E-state index in [4.69, 9.17) is 4.74 Å². The summed E-state index contributed by atoms with van der Waals surface area (Å²) in [7, 11) is 3.48. The second-order valence-corrected chi connectivity index (χ2v) is 5.72. The van der Waals surface area contributed by atoms with E-state index in [0.29, 0.717) is 11.8 Å². The van der Waals surface area contributed by atoms with Crippen LogP contribution in [-0.4, -0.2) is 20.2 Å². The van der Waals surface area contributed by atoms with E-state index in [-0.39, 0.29) is 5.82 Å². The minimum atomic E-state index is -0.274. The highest BCUT2D eigenvalue weighted by atomic mass is 19.1. The molecule has 3 heteroatoms. The molecule has 0 aromatic heterocycles. The number of nitrogens with one attached hydrogen (secondary N) is 1. The van der Waals surface area contributed by atoms with Crippen molar-refractivity contribution in [2.75, 3.05) is 14.2 Å². The summed E-state index contributed by atoms with van der Waals surface area (Å²) in [5.41, 5.74) is 1.03. The minimum Gasteiger partial charge on any atom is -0.494 e. The van der Waals surface area contributed by atoms with Gasteiger partial charge in [0, 0.05) is 6.04 Å². The summed E-state index contributed by atoms with van der Waals surface area (Å²) in [5, 5.41) is 3.35. The molecule has 1 N–H and O–H groups in total. The van der Waals surface area contributed by atoms with E-state index in [1.54, 1.807) is 12.1 Å². The van der Waals surface area contributed by atoms with Crippen molar-refractivity contribution < 1.29 is 9.13 Å². The van der Waals surface area contributed by atoms with Crippen LogP contribution in [0, 0.1) is 5.82 Å². The number of benzene rings is 1. The smallest absolute Gasteiger partial charge is 0.165 e. The molecule has 0 radical (unpaired) electrons. The Bertz CT molecular complexity index is 395. The molecule has 21 heavy (non-hydrogen) atoms. The van der Waals surface area contributed by atoms with E-state index < -0.39 is 0 Å². The highest BCUT2D eigenvalue weighted by Gasteiger charge is 2.09. The number of halogens is 1. The number of rotatable bonds is 11. The number of unbranched alkanes of at least 4 members (excludes halogenated alkanes) is 5. The number of hydrogen-bond acceptors (Lipinski definition) is 2. The Morgan fingerprint density at radius 1 is 1.14 bits per heavy atom. The van der Waals surface area contributed by atoms with Gasteiger partial charge in [-0.15, -0.1) is 0 Å². The standard InChI is InChI=1S/C18H30FNO/c1-4-5-6-7-8-9-10-16(20-2)13-15-11-12-18(21-3)17(19)14-15/h11-12,14,16,20H,4-10,13H2,1-3H3. The van der Waals surface area contributed by atoms with Gasteiger partial charge >= 0.3 is 0 Å². The van der Waals surface area contributed by atoms with Gasteiger partial charge in [0.2, 0.25) is 0 Å². The number of hydrogen-bond donors (Lipinski definition) is 1. The third-order valence-corrected chi connectivity index (χ3v) is 4.01. The van der Waals surface area contributed by atoms with E-state index >= 15 is 0 Å². The molecule has 1 aromatic carbocycles. The topological polar surface area (TPSA) is 21.3 Å². The lowest BCUT2D eigenvalue weighted by Gasteiger charge is -2.16. The van der Waals surface area contributed by atoms with Gasteiger partial charge in [0.25, 0.3) is 0 Å². The molecule has 0 saturated carbocycles. The normalized spacial score (nSPS) is 12.4. The van der Waals surface area contributed by atoms with Gasteiger partial charge in [0.1, 0.15) is 0 Å². The SMILES string of the molecule is CCCCCCCCC(Cc1ccc(OC)c(F)c1)NC. The van der Waals surface area contributed by atoms with Crippen molar-refractivity contribution in [1.29, 1.82) is 0 Å². The molecule has 1 rings (SSSR count). The molecule has 0 bridgehead atoms. The van der Waals surface area contributed by atoms with Crippen molar-refractivity contribution in [2.45, 2.75) is 64.3 Å². The molecule has 0 heterocycles. The summed E-state index contributed by atoms with van der Waals surface area (Å²) >= 11 is 0. The summed E-state index contributed by atoms with van der Waals surface area (Å²) in [6.07, 6.45) is 9.89. The van der Waals surface area contributed by atoms with Crippen molar-refractivity contribution in [1.82, 2.24) is 5.32 Å². The number of methoxy groups -OCH3 is 1. The zero-order chi connectivity index (χ0) is 15.5. The zero-order valence-electron chi connectivity index (χ0n) is 13.8. The van der Waals surface area contributed by atoms with Gasteiger partial charge in [-0.25, -0.2) is 4.39 Å². The highest BCUT2D eigenvalue weighted by molar-refractivity contribution is 5.29. The van der Waals surface area contributed by atoms with E-state index in [9.17, 15) is 4.39 Å². The van der Waals surface area contributed by atoms with Gasteiger partial charge in [-0.05, 0) is 37.6 Å². The molecule has 2 nitrogen and oxygen atoms in total. The molecule has 1 aromatic rings. The van der Waals surface area contributed by atoms with Crippen LogP contribution in [0.15, 0.2) is 18.2 Å². The quantitative estimate of drug-likeness (QED) is 0.597. The van der Waals surface area contributed by atoms with E-state index in [1.807, 2.05) is 13.1 Å². The monoisotopic (exact) mass is 295 g/mol. The van der Waals surface area contributed by atoms with Crippen LogP contribution < -0.4 is 10.1 Å². The average Bonchev–Trinajstić information content (AvgIpc) is 2.49. The van der Waals surface area contributed by atoms with Crippen molar-refractivity contribution in [2.24, 2.45) is 0 Å². The number of ether oxygens (including phenoxy) is 1.